The molecule has 15 heavy (non-hydrogen) atoms. The molecule has 82 valence electrons. The average Bonchev–Trinajstić information content (AvgIpc) is 2.59. The van der Waals surface area contributed by atoms with Crippen LogP contribution in [0.1, 0.15) is 11.6 Å². The Labute approximate surface area is 88.6 Å². The SMILES string of the molecule is COc1ccc([C@@H]2CNS(=O)(=O)N2)cc1. The lowest BCUT2D eigenvalue weighted by molar-refractivity contribution is 0.414. The van der Waals surface area contributed by atoms with Gasteiger partial charge >= 0.3 is 0 Å². The van der Waals surface area contributed by atoms with Crippen molar-refractivity contribution >= 4 is 10.2 Å². The smallest absolute Gasteiger partial charge is 0.277 e. The van der Waals surface area contributed by atoms with Crippen LogP contribution in [0.15, 0.2) is 24.3 Å². The monoisotopic (exact) mass is 228 g/mol. The van der Waals surface area contributed by atoms with Crippen LogP contribution in [0.3, 0.4) is 0 Å². The Balaban J connectivity index is 2.17. The largest absolute Gasteiger partial charge is 0.497 e. The molecule has 2 rings (SSSR count). The lowest BCUT2D eigenvalue weighted by Crippen LogP contribution is -2.23. The third kappa shape index (κ3) is 2.28. The van der Waals surface area contributed by atoms with Crippen molar-refractivity contribution in [3.63, 3.8) is 0 Å². The van der Waals surface area contributed by atoms with E-state index in [0.29, 0.717) is 6.54 Å². The van der Waals surface area contributed by atoms with Gasteiger partial charge in [-0.25, -0.2) is 4.72 Å². The molecular weight excluding hydrogens is 216 g/mol. The highest BCUT2D eigenvalue weighted by Crippen LogP contribution is 2.20. The van der Waals surface area contributed by atoms with Gasteiger partial charge in [0.05, 0.1) is 13.2 Å². The fraction of sp³-hybridized carbons (Fsp3) is 0.333. The third-order valence-corrected chi connectivity index (χ3v) is 3.43. The Morgan fingerprint density at radius 2 is 2.00 bits per heavy atom. The highest BCUT2D eigenvalue weighted by Gasteiger charge is 2.26. The van der Waals surface area contributed by atoms with Gasteiger partial charge in [0.1, 0.15) is 5.75 Å². The number of rotatable bonds is 2. The Morgan fingerprint density at radius 1 is 1.33 bits per heavy atom. The average molecular weight is 228 g/mol. The first-order valence-corrected chi connectivity index (χ1v) is 6.00. The number of nitrogens with one attached hydrogen (secondary N) is 2. The van der Waals surface area contributed by atoms with Crippen LogP contribution >= 0.6 is 0 Å². The van der Waals surface area contributed by atoms with Crippen molar-refractivity contribution in [3.8, 4) is 5.75 Å². The van der Waals surface area contributed by atoms with Crippen molar-refractivity contribution in [2.45, 2.75) is 6.04 Å². The van der Waals surface area contributed by atoms with Gasteiger partial charge in [-0.15, -0.1) is 0 Å². The molecule has 1 fully saturated rings. The van der Waals surface area contributed by atoms with E-state index in [1.165, 1.54) is 0 Å². The Morgan fingerprint density at radius 3 is 2.47 bits per heavy atom. The van der Waals surface area contributed by atoms with E-state index in [0.717, 1.165) is 11.3 Å². The van der Waals surface area contributed by atoms with Crippen molar-refractivity contribution in [1.29, 1.82) is 0 Å². The summed E-state index contributed by atoms with van der Waals surface area (Å²) < 4.78 is 32.1. The quantitative estimate of drug-likeness (QED) is 0.758. The van der Waals surface area contributed by atoms with E-state index in [1.807, 2.05) is 24.3 Å². The van der Waals surface area contributed by atoms with Crippen molar-refractivity contribution in [2.24, 2.45) is 0 Å². The first kappa shape index (κ1) is 10.4. The number of hydrogen-bond acceptors (Lipinski definition) is 3. The Kier molecular flexibility index (Phi) is 2.64. The predicted molar refractivity (Wildman–Crippen MR) is 55.8 cm³/mol. The van der Waals surface area contributed by atoms with E-state index in [4.69, 9.17) is 4.74 Å². The molecule has 0 saturated carbocycles. The van der Waals surface area contributed by atoms with Crippen LogP contribution in [-0.4, -0.2) is 22.1 Å². The minimum Gasteiger partial charge on any atom is -0.497 e. The van der Waals surface area contributed by atoms with Crippen LogP contribution in [0, 0.1) is 0 Å². The third-order valence-electron chi connectivity index (χ3n) is 2.29. The summed E-state index contributed by atoms with van der Waals surface area (Å²) in [5.74, 6) is 0.757. The Bertz CT molecular complexity index is 441. The van der Waals surface area contributed by atoms with Crippen LogP contribution in [0.2, 0.25) is 0 Å². The van der Waals surface area contributed by atoms with Crippen molar-refractivity contribution in [1.82, 2.24) is 9.44 Å². The molecule has 0 aliphatic carbocycles. The van der Waals surface area contributed by atoms with Gasteiger partial charge in [0.2, 0.25) is 0 Å². The molecule has 1 heterocycles. The van der Waals surface area contributed by atoms with E-state index in [9.17, 15) is 8.42 Å². The fourth-order valence-electron chi connectivity index (χ4n) is 1.49. The molecule has 1 atom stereocenters. The van der Waals surface area contributed by atoms with Crippen molar-refractivity contribution in [2.75, 3.05) is 13.7 Å². The van der Waals surface area contributed by atoms with E-state index < -0.39 is 10.2 Å². The predicted octanol–water partition coefficient (Wildman–Crippen LogP) is 0.174. The molecule has 5 nitrogen and oxygen atoms in total. The van der Waals surface area contributed by atoms with Gasteiger partial charge < -0.3 is 4.74 Å². The first-order chi connectivity index (χ1) is 7.11. The second-order valence-electron chi connectivity index (χ2n) is 3.30. The summed E-state index contributed by atoms with van der Waals surface area (Å²) in [5.41, 5.74) is 0.921. The number of hydrogen-bond donors (Lipinski definition) is 2. The molecule has 1 saturated heterocycles. The molecule has 0 aromatic heterocycles. The maximum absolute atomic E-state index is 11.1. The normalized spacial score (nSPS) is 23.9. The number of benzene rings is 1. The number of ether oxygens (including phenoxy) is 1. The van der Waals surface area contributed by atoms with E-state index >= 15 is 0 Å². The fourth-order valence-corrected chi connectivity index (χ4v) is 2.55. The maximum Gasteiger partial charge on any atom is 0.277 e. The standard InChI is InChI=1S/C9H12N2O3S/c1-14-8-4-2-7(3-5-8)9-6-10-15(12,13)11-9/h2-5,9-11H,6H2,1H3/t9-/m0/s1. The highest BCUT2D eigenvalue weighted by molar-refractivity contribution is 7.87. The molecular formula is C9H12N2O3S. The second-order valence-corrected chi connectivity index (χ2v) is 4.83. The zero-order valence-electron chi connectivity index (χ0n) is 8.23. The maximum atomic E-state index is 11.1. The van der Waals surface area contributed by atoms with E-state index in [-0.39, 0.29) is 6.04 Å². The highest BCUT2D eigenvalue weighted by atomic mass is 32.2. The van der Waals surface area contributed by atoms with Gasteiger partial charge in [-0.3, -0.25) is 0 Å². The zero-order valence-corrected chi connectivity index (χ0v) is 9.04. The summed E-state index contributed by atoms with van der Waals surface area (Å²) >= 11 is 0. The molecule has 1 aliphatic rings. The van der Waals surface area contributed by atoms with Gasteiger partial charge in [0.25, 0.3) is 10.2 Å². The van der Waals surface area contributed by atoms with Gasteiger partial charge in [-0.05, 0) is 17.7 Å². The summed E-state index contributed by atoms with van der Waals surface area (Å²) in [5, 5.41) is 0. The van der Waals surface area contributed by atoms with Gasteiger partial charge in [0.15, 0.2) is 0 Å². The van der Waals surface area contributed by atoms with Crippen LogP contribution in [0.5, 0.6) is 5.75 Å². The van der Waals surface area contributed by atoms with Crippen LogP contribution in [0.25, 0.3) is 0 Å². The molecule has 0 bridgehead atoms. The minimum absolute atomic E-state index is 0.194. The van der Waals surface area contributed by atoms with E-state index in [2.05, 4.69) is 9.44 Å². The lowest BCUT2D eigenvalue weighted by Gasteiger charge is -2.08. The summed E-state index contributed by atoms with van der Waals surface area (Å²) in [6.45, 7) is 0.384. The topological polar surface area (TPSA) is 67.4 Å². The first-order valence-electron chi connectivity index (χ1n) is 4.51. The van der Waals surface area contributed by atoms with Crippen LogP contribution in [0.4, 0.5) is 0 Å². The van der Waals surface area contributed by atoms with Gasteiger partial charge in [-0.1, -0.05) is 12.1 Å². The van der Waals surface area contributed by atoms with Crippen molar-refractivity contribution < 1.29 is 13.2 Å². The zero-order chi connectivity index (χ0) is 10.9. The summed E-state index contributed by atoms with van der Waals surface area (Å²) in [4.78, 5) is 0. The van der Waals surface area contributed by atoms with E-state index in [1.54, 1.807) is 7.11 Å². The number of methoxy groups -OCH3 is 1. The molecule has 2 N–H and O–H groups in total. The molecule has 0 radical (unpaired) electrons. The van der Waals surface area contributed by atoms with Crippen molar-refractivity contribution in [3.05, 3.63) is 29.8 Å². The summed E-state index contributed by atoms with van der Waals surface area (Å²) in [6.07, 6.45) is 0. The van der Waals surface area contributed by atoms with Crippen LogP contribution in [-0.2, 0) is 10.2 Å². The molecule has 0 amide bonds. The lowest BCUT2D eigenvalue weighted by atomic mass is 10.1. The molecule has 0 unspecified atom stereocenters. The second kappa shape index (κ2) is 3.80. The molecule has 1 aliphatic heterocycles. The molecule has 1 aromatic carbocycles. The minimum atomic E-state index is -3.29. The summed E-state index contributed by atoms with van der Waals surface area (Å²) in [6, 6.07) is 7.11. The molecule has 6 heteroatoms. The molecule has 0 spiro atoms. The summed E-state index contributed by atoms with van der Waals surface area (Å²) in [7, 11) is -1.70. The Hall–Kier alpha value is -1.11. The van der Waals surface area contributed by atoms with Gasteiger partial charge in [-0.2, -0.15) is 13.1 Å². The van der Waals surface area contributed by atoms with Gasteiger partial charge in [0, 0.05) is 6.54 Å². The van der Waals surface area contributed by atoms with Crippen LogP contribution < -0.4 is 14.2 Å². The molecule has 1 aromatic rings.